The minimum absolute atomic E-state index is 0.0484. The third-order valence-electron chi connectivity index (χ3n) is 2.30. The molecule has 0 bridgehead atoms. The molecule has 19 heavy (non-hydrogen) atoms. The summed E-state index contributed by atoms with van der Waals surface area (Å²) in [6.45, 7) is 1.90. The van der Waals surface area contributed by atoms with Gasteiger partial charge in [-0.3, -0.25) is 4.79 Å². The Morgan fingerprint density at radius 2 is 2.16 bits per heavy atom. The molecule has 2 aromatic heterocycles. The summed E-state index contributed by atoms with van der Waals surface area (Å²) in [5, 5.41) is 5.82. The molecule has 0 aromatic carbocycles. The van der Waals surface area contributed by atoms with E-state index in [1.54, 1.807) is 12.1 Å². The molecule has 0 saturated heterocycles. The number of nitrogens with one attached hydrogen (secondary N) is 2. The highest BCUT2D eigenvalue weighted by atomic mass is 16.5. The van der Waals surface area contributed by atoms with E-state index < -0.39 is 0 Å². The van der Waals surface area contributed by atoms with Crippen LogP contribution in [0, 0.1) is 6.92 Å². The van der Waals surface area contributed by atoms with Crippen molar-refractivity contribution in [2.45, 2.75) is 6.92 Å². The number of anilines is 3. The lowest BCUT2D eigenvalue weighted by molar-refractivity contribution is -0.138. The van der Waals surface area contributed by atoms with Crippen LogP contribution in [0.3, 0.4) is 0 Å². The second kappa shape index (κ2) is 5.85. The number of aryl methyl sites for hydroxylation is 1. The minimum Gasteiger partial charge on any atom is -0.468 e. The van der Waals surface area contributed by atoms with E-state index in [0.29, 0.717) is 17.5 Å². The van der Waals surface area contributed by atoms with Crippen LogP contribution in [0.1, 0.15) is 5.76 Å². The zero-order valence-electron chi connectivity index (χ0n) is 10.6. The van der Waals surface area contributed by atoms with Crippen LogP contribution in [0.5, 0.6) is 0 Å². The lowest BCUT2D eigenvalue weighted by Crippen LogP contribution is -2.15. The lowest BCUT2D eigenvalue weighted by Gasteiger charge is -2.06. The molecule has 7 nitrogen and oxygen atoms in total. The van der Waals surface area contributed by atoms with Gasteiger partial charge in [-0.15, -0.1) is 0 Å². The summed E-state index contributed by atoms with van der Waals surface area (Å²) in [4.78, 5) is 19.0. The molecule has 0 saturated carbocycles. The lowest BCUT2D eigenvalue weighted by atomic mass is 10.5. The van der Waals surface area contributed by atoms with Crippen molar-refractivity contribution in [1.29, 1.82) is 0 Å². The normalized spacial score (nSPS) is 10.0. The van der Waals surface area contributed by atoms with Crippen LogP contribution in [-0.2, 0) is 9.53 Å². The van der Waals surface area contributed by atoms with Gasteiger partial charge in [0.25, 0.3) is 0 Å². The fourth-order valence-corrected chi connectivity index (χ4v) is 1.39. The van der Waals surface area contributed by atoms with Crippen molar-refractivity contribution >= 4 is 23.5 Å². The molecular weight excluding hydrogens is 248 g/mol. The van der Waals surface area contributed by atoms with Crippen LogP contribution in [0.15, 0.2) is 28.9 Å². The average Bonchev–Trinajstić information content (AvgIpc) is 2.82. The number of methoxy groups -OCH3 is 1. The molecule has 0 aliphatic carbocycles. The third kappa shape index (κ3) is 3.70. The van der Waals surface area contributed by atoms with Gasteiger partial charge in [0.2, 0.25) is 0 Å². The smallest absolute Gasteiger partial charge is 0.325 e. The molecule has 0 amide bonds. The fraction of sp³-hybridized carbons (Fsp3) is 0.250. The van der Waals surface area contributed by atoms with Crippen molar-refractivity contribution in [2.75, 3.05) is 24.3 Å². The molecule has 0 spiro atoms. The summed E-state index contributed by atoms with van der Waals surface area (Å²) >= 11 is 0. The summed E-state index contributed by atoms with van der Waals surface area (Å²) in [5.41, 5.74) is 0. The summed E-state index contributed by atoms with van der Waals surface area (Å²) in [7, 11) is 1.33. The summed E-state index contributed by atoms with van der Waals surface area (Å²) in [6, 6.07) is 5.32. The van der Waals surface area contributed by atoms with Gasteiger partial charge in [-0.2, -0.15) is 0 Å². The first-order valence-corrected chi connectivity index (χ1v) is 5.63. The highest BCUT2D eigenvalue weighted by Gasteiger charge is 2.04. The Morgan fingerprint density at radius 1 is 1.37 bits per heavy atom. The van der Waals surface area contributed by atoms with E-state index in [1.165, 1.54) is 13.4 Å². The Balaban J connectivity index is 2.00. The zero-order chi connectivity index (χ0) is 13.7. The van der Waals surface area contributed by atoms with Gasteiger partial charge in [-0.25, -0.2) is 9.97 Å². The van der Waals surface area contributed by atoms with Crippen molar-refractivity contribution in [1.82, 2.24) is 9.97 Å². The molecule has 0 aliphatic heterocycles. The molecular formula is C12H14N4O3. The summed E-state index contributed by atoms with van der Waals surface area (Å²) in [5.74, 6) is 2.12. The fourth-order valence-electron chi connectivity index (χ4n) is 1.39. The highest BCUT2D eigenvalue weighted by molar-refractivity contribution is 5.74. The number of ether oxygens (including phenoxy) is 1. The van der Waals surface area contributed by atoms with E-state index in [-0.39, 0.29) is 12.5 Å². The molecule has 2 aromatic rings. The molecule has 2 N–H and O–H groups in total. The van der Waals surface area contributed by atoms with Crippen LogP contribution in [0.4, 0.5) is 17.5 Å². The highest BCUT2D eigenvalue weighted by Crippen LogP contribution is 2.18. The SMILES string of the molecule is COC(=O)CNc1cc(Nc2ccc(C)o2)ncn1. The van der Waals surface area contributed by atoms with E-state index in [9.17, 15) is 4.79 Å². The number of nitrogens with zero attached hydrogens (tertiary/aromatic N) is 2. The quantitative estimate of drug-likeness (QED) is 0.793. The minimum atomic E-state index is -0.366. The van der Waals surface area contributed by atoms with Crippen molar-refractivity contribution in [3.63, 3.8) is 0 Å². The van der Waals surface area contributed by atoms with Gasteiger partial charge in [0.15, 0.2) is 5.88 Å². The van der Waals surface area contributed by atoms with Gasteiger partial charge in [0, 0.05) is 12.1 Å². The number of hydrogen-bond donors (Lipinski definition) is 2. The largest absolute Gasteiger partial charge is 0.468 e. The number of carbonyl (C=O) groups is 1. The Morgan fingerprint density at radius 3 is 2.84 bits per heavy atom. The van der Waals surface area contributed by atoms with Gasteiger partial charge in [-0.05, 0) is 13.0 Å². The topological polar surface area (TPSA) is 89.3 Å². The predicted molar refractivity (Wildman–Crippen MR) is 69.3 cm³/mol. The van der Waals surface area contributed by atoms with E-state index in [1.807, 2.05) is 13.0 Å². The van der Waals surface area contributed by atoms with Gasteiger partial charge in [-0.1, -0.05) is 0 Å². The second-order valence-electron chi connectivity index (χ2n) is 3.75. The predicted octanol–water partition coefficient (Wildman–Crippen LogP) is 1.71. The van der Waals surface area contributed by atoms with Crippen LogP contribution in [0.25, 0.3) is 0 Å². The van der Waals surface area contributed by atoms with E-state index in [4.69, 9.17) is 4.42 Å². The third-order valence-corrected chi connectivity index (χ3v) is 2.30. The molecule has 0 fully saturated rings. The molecule has 0 unspecified atom stereocenters. The maximum Gasteiger partial charge on any atom is 0.325 e. The van der Waals surface area contributed by atoms with Gasteiger partial charge in [0.05, 0.1) is 7.11 Å². The van der Waals surface area contributed by atoms with Gasteiger partial charge in [0.1, 0.15) is 30.3 Å². The maximum atomic E-state index is 11.0. The average molecular weight is 262 g/mol. The van der Waals surface area contributed by atoms with Crippen molar-refractivity contribution in [2.24, 2.45) is 0 Å². The van der Waals surface area contributed by atoms with E-state index in [0.717, 1.165) is 5.76 Å². The molecule has 0 aliphatic rings. The maximum absolute atomic E-state index is 11.0. The number of aromatic nitrogens is 2. The number of hydrogen-bond acceptors (Lipinski definition) is 7. The van der Waals surface area contributed by atoms with Crippen molar-refractivity contribution in [3.05, 3.63) is 30.3 Å². The van der Waals surface area contributed by atoms with E-state index >= 15 is 0 Å². The van der Waals surface area contributed by atoms with Gasteiger partial charge >= 0.3 is 5.97 Å². The molecule has 100 valence electrons. The number of rotatable bonds is 5. The van der Waals surface area contributed by atoms with Crippen LogP contribution in [0.2, 0.25) is 0 Å². The van der Waals surface area contributed by atoms with Crippen molar-refractivity contribution in [3.8, 4) is 0 Å². The standard InChI is InChI=1S/C12H14N4O3/c1-8-3-4-11(19-8)16-10-5-9(14-7-15-10)13-6-12(17)18-2/h3-5,7H,6H2,1-2H3,(H2,13,14,15,16). The van der Waals surface area contributed by atoms with Crippen LogP contribution in [-0.4, -0.2) is 29.6 Å². The monoisotopic (exact) mass is 262 g/mol. The van der Waals surface area contributed by atoms with E-state index in [2.05, 4.69) is 25.3 Å². The Kier molecular flexibility index (Phi) is 3.97. The first kappa shape index (κ1) is 12.9. The van der Waals surface area contributed by atoms with Gasteiger partial charge < -0.3 is 19.8 Å². The number of esters is 1. The Bertz CT molecular complexity index is 568. The van der Waals surface area contributed by atoms with Crippen LogP contribution >= 0.6 is 0 Å². The zero-order valence-corrected chi connectivity index (χ0v) is 10.6. The molecule has 0 atom stereocenters. The van der Waals surface area contributed by atoms with Crippen molar-refractivity contribution < 1.29 is 13.9 Å². The Hall–Kier alpha value is -2.57. The molecule has 0 radical (unpaired) electrons. The second-order valence-corrected chi connectivity index (χ2v) is 3.75. The van der Waals surface area contributed by atoms with Crippen LogP contribution < -0.4 is 10.6 Å². The summed E-state index contributed by atoms with van der Waals surface area (Å²) < 4.78 is 9.90. The number of furan rings is 1. The molecule has 2 heterocycles. The number of carbonyl (C=O) groups excluding carboxylic acids is 1. The molecule has 2 rings (SSSR count). The first-order valence-electron chi connectivity index (χ1n) is 5.63. The first-order chi connectivity index (χ1) is 9.17. The summed E-state index contributed by atoms with van der Waals surface area (Å²) in [6.07, 6.45) is 1.39. The Labute approximate surface area is 110 Å². The molecule has 7 heteroatoms.